The van der Waals surface area contributed by atoms with Crippen molar-refractivity contribution in [1.82, 2.24) is 9.47 Å². The van der Waals surface area contributed by atoms with Gasteiger partial charge in [0.1, 0.15) is 5.75 Å². The molecule has 0 spiro atoms. The lowest BCUT2D eigenvalue weighted by Crippen LogP contribution is -2.36. The highest BCUT2D eigenvalue weighted by molar-refractivity contribution is 6.10. The van der Waals surface area contributed by atoms with Gasteiger partial charge in [0, 0.05) is 23.5 Å². The van der Waals surface area contributed by atoms with E-state index in [1.54, 1.807) is 7.11 Å². The molecule has 0 unspecified atom stereocenters. The van der Waals surface area contributed by atoms with Crippen molar-refractivity contribution in [2.45, 2.75) is 39.7 Å². The molecule has 1 aromatic carbocycles. The first-order chi connectivity index (χ1) is 14.9. The number of methoxy groups -OCH3 is 1. The van der Waals surface area contributed by atoms with Gasteiger partial charge in [0.2, 0.25) is 11.8 Å². The summed E-state index contributed by atoms with van der Waals surface area (Å²) in [6.45, 7) is 4.47. The first kappa shape index (κ1) is 21.1. The molecule has 2 atom stereocenters. The molecular weight excluding hydrogens is 392 g/mol. The first-order valence-corrected chi connectivity index (χ1v) is 10.7. The van der Waals surface area contributed by atoms with Crippen molar-refractivity contribution in [2.24, 2.45) is 11.8 Å². The number of benzene rings is 1. The Bertz CT molecular complexity index is 1020. The lowest BCUT2D eigenvalue weighted by atomic mass is 9.85. The van der Waals surface area contributed by atoms with E-state index >= 15 is 0 Å². The van der Waals surface area contributed by atoms with Crippen molar-refractivity contribution in [1.29, 1.82) is 0 Å². The fourth-order valence-electron chi connectivity index (χ4n) is 4.71. The fraction of sp³-hybridized carbons (Fsp3) is 0.400. The number of Topliss-reactive ketones (excluding diaryl/α,β-unsaturated/α-hetero) is 1. The fourth-order valence-corrected chi connectivity index (χ4v) is 4.71. The molecule has 1 aliphatic carbocycles. The second-order valence-electron chi connectivity index (χ2n) is 8.38. The van der Waals surface area contributed by atoms with Gasteiger partial charge in [-0.2, -0.15) is 0 Å². The van der Waals surface area contributed by atoms with Gasteiger partial charge in [-0.15, -0.1) is 0 Å². The number of hydrogen-bond donors (Lipinski definition) is 0. The predicted molar refractivity (Wildman–Crippen MR) is 117 cm³/mol. The number of amides is 2. The van der Waals surface area contributed by atoms with E-state index in [4.69, 9.17) is 4.74 Å². The summed E-state index contributed by atoms with van der Waals surface area (Å²) in [6, 6.07) is 9.83. The third-order valence-electron chi connectivity index (χ3n) is 6.56. The third kappa shape index (κ3) is 3.94. The van der Waals surface area contributed by atoms with Crippen LogP contribution in [-0.2, 0) is 22.6 Å². The summed E-state index contributed by atoms with van der Waals surface area (Å²) in [5.74, 6) is -0.379. The zero-order valence-electron chi connectivity index (χ0n) is 18.3. The van der Waals surface area contributed by atoms with E-state index in [0.717, 1.165) is 30.1 Å². The Kier molecular flexibility index (Phi) is 5.81. The van der Waals surface area contributed by atoms with Crippen LogP contribution in [0.5, 0.6) is 5.75 Å². The van der Waals surface area contributed by atoms with E-state index in [0.29, 0.717) is 18.4 Å². The van der Waals surface area contributed by atoms with Crippen LogP contribution in [0.1, 0.15) is 40.2 Å². The zero-order valence-corrected chi connectivity index (χ0v) is 18.3. The van der Waals surface area contributed by atoms with Gasteiger partial charge < -0.3 is 9.30 Å². The molecule has 2 aliphatic rings. The summed E-state index contributed by atoms with van der Waals surface area (Å²) in [6.07, 6.45) is 5.90. The average Bonchev–Trinajstić information content (AvgIpc) is 3.20. The molecule has 6 nitrogen and oxygen atoms in total. The number of ketones is 1. The maximum Gasteiger partial charge on any atom is 0.233 e. The van der Waals surface area contributed by atoms with Crippen LogP contribution in [0.25, 0.3) is 0 Å². The van der Waals surface area contributed by atoms with E-state index in [1.165, 1.54) is 10.5 Å². The van der Waals surface area contributed by atoms with E-state index in [1.807, 2.05) is 56.3 Å². The van der Waals surface area contributed by atoms with E-state index in [-0.39, 0.29) is 36.0 Å². The Morgan fingerprint density at radius 1 is 1.03 bits per heavy atom. The van der Waals surface area contributed by atoms with Crippen LogP contribution in [0.2, 0.25) is 0 Å². The molecule has 1 aromatic heterocycles. The number of aryl methyl sites for hydroxylation is 2. The number of carbonyl (C=O) groups excluding carboxylic acids is 3. The van der Waals surface area contributed by atoms with Gasteiger partial charge in [0.25, 0.3) is 0 Å². The van der Waals surface area contributed by atoms with E-state index in [9.17, 15) is 14.4 Å². The number of fused-ring (bicyclic) bond motifs is 1. The van der Waals surface area contributed by atoms with Gasteiger partial charge in [0.05, 0.1) is 25.5 Å². The van der Waals surface area contributed by atoms with Crippen LogP contribution in [0.4, 0.5) is 0 Å². The standard InChI is InChI=1S/C25H28N2O4/c1-16-14-22(17(2)26(16)13-12-18-8-10-19(31-3)11-9-18)23(28)15-27-24(29)20-6-4-5-7-21(20)25(27)30/h4-5,8-11,14,20-21H,6-7,12-13,15H2,1-3H3/t20-,21+. The van der Waals surface area contributed by atoms with Crippen molar-refractivity contribution >= 4 is 17.6 Å². The molecule has 1 fully saturated rings. The van der Waals surface area contributed by atoms with Crippen LogP contribution in [-0.4, -0.2) is 40.7 Å². The predicted octanol–water partition coefficient (Wildman–Crippen LogP) is 3.49. The summed E-state index contributed by atoms with van der Waals surface area (Å²) >= 11 is 0. The molecule has 0 bridgehead atoms. The molecule has 0 radical (unpaired) electrons. The summed E-state index contributed by atoms with van der Waals surface area (Å²) in [5.41, 5.74) is 3.63. The van der Waals surface area contributed by atoms with Gasteiger partial charge in [-0.3, -0.25) is 19.3 Å². The van der Waals surface area contributed by atoms with Crippen molar-refractivity contribution in [3.8, 4) is 5.75 Å². The quantitative estimate of drug-likeness (QED) is 0.391. The molecule has 4 rings (SSSR count). The average molecular weight is 421 g/mol. The van der Waals surface area contributed by atoms with Crippen LogP contribution < -0.4 is 4.74 Å². The number of nitrogens with zero attached hydrogens (tertiary/aromatic N) is 2. The molecule has 162 valence electrons. The number of carbonyl (C=O) groups is 3. The number of aromatic nitrogens is 1. The van der Waals surface area contributed by atoms with Crippen molar-refractivity contribution in [3.63, 3.8) is 0 Å². The molecule has 2 aromatic rings. The van der Waals surface area contributed by atoms with Crippen molar-refractivity contribution < 1.29 is 19.1 Å². The van der Waals surface area contributed by atoms with Gasteiger partial charge in [0.15, 0.2) is 5.78 Å². The summed E-state index contributed by atoms with van der Waals surface area (Å²) in [5, 5.41) is 0. The number of rotatable bonds is 7. The zero-order chi connectivity index (χ0) is 22.1. The Balaban J connectivity index is 1.45. The Morgan fingerprint density at radius 3 is 2.23 bits per heavy atom. The number of hydrogen-bond acceptors (Lipinski definition) is 4. The monoisotopic (exact) mass is 420 g/mol. The molecule has 0 saturated carbocycles. The minimum absolute atomic E-state index is 0.173. The maximum absolute atomic E-state index is 13.0. The largest absolute Gasteiger partial charge is 0.497 e. The highest BCUT2D eigenvalue weighted by Gasteiger charge is 2.47. The van der Waals surface area contributed by atoms with Crippen molar-refractivity contribution in [2.75, 3.05) is 13.7 Å². The molecule has 6 heteroatoms. The van der Waals surface area contributed by atoms with Crippen molar-refractivity contribution in [3.05, 3.63) is 65.0 Å². The highest BCUT2D eigenvalue weighted by Crippen LogP contribution is 2.35. The second kappa shape index (κ2) is 8.53. The van der Waals surface area contributed by atoms with Gasteiger partial charge >= 0.3 is 0 Å². The minimum Gasteiger partial charge on any atom is -0.497 e. The van der Waals surface area contributed by atoms with E-state index in [2.05, 4.69) is 4.57 Å². The molecule has 1 saturated heterocycles. The third-order valence-corrected chi connectivity index (χ3v) is 6.56. The smallest absolute Gasteiger partial charge is 0.233 e. The van der Waals surface area contributed by atoms with Gasteiger partial charge in [-0.1, -0.05) is 24.3 Å². The SMILES string of the molecule is COc1ccc(CCn2c(C)cc(C(=O)CN3C(=O)[C@H]4CC=CC[C@H]4C3=O)c2C)cc1. The Morgan fingerprint density at radius 2 is 1.65 bits per heavy atom. The number of likely N-dealkylation sites (tertiary alicyclic amines) is 1. The molecule has 2 amide bonds. The number of imide groups is 1. The highest BCUT2D eigenvalue weighted by atomic mass is 16.5. The molecule has 0 N–H and O–H groups in total. The van der Waals surface area contributed by atoms with Crippen LogP contribution >= 0.6 is 0 Å². The van der Waals surface area contributed by atoms with Crippen LogP contribution in [0.15, 0.2) is 42.5 Å². The molecule has 31 heavy (non-hydrogen) atoms. The molecule has 1 aliphatic heterocycles. The Hall–Kier alpha value is -3.15. The summed E-state index contributed by atoms with van der Waals surface area (Å²) < 4.78 is 7.32. The molecular formula is C25H28N2O4. The number of allylic oxidation sites excluding steroid dienone is 2. The lowest BCUT2D eigenvalue weighted by molar-refractivity contribution is -0.139. The second-order valence-corrected chi connectivity index (χ2v) is 8.38. The lowest BCUT2D eigenvalue weighted by Gasteiger charge is -2.14. The van der Waals surface area contributed by atoms with E-state index < -0.39 is 0 Å². The van der Waals surface area contributed by atoms with Crippen LogP contribution in [0.3, 0.4) is 0 Å². The van der Waals surface area contributed by atoms with Gasteiger partial charge in [-0.25, -0.2) is 0 Å². The summed E-state index contributed by atoms with van der Waals surface area (Å²) in [7, 11) is 1.65. The molecule has 2 heterocycles. The first-order valence-electron chi connectivity index (χ1n) is 10.7. The van der Waals surface area contributed by atoms with Crippen LogP contribution in [0, 0.1) is 25.7 Å². The van der Waals surface area contributed by atoms with Gasteiger partial charge in [-0.05, 0) is 56.9 Å². The normalized spacial score (nSPS) is 20.3. The summed E-state index contributed by atoms with van der Waals surface area (Å²) in [4.78, 5) is 39.6. The minimum atomic E-state index is -0.303. The topological polar surface area (TPSA) is 68.6 Å². The number of ether oxygens (including phenoxy) is 1. The Labute approximate surface area is 182 Å². The maximum atomic E-state index is 13.0.